The highest BCUT2D eigenvalue weighted by molar-refractivity contribution is 5.96. The lowest BCUT2D eigenvalue weighted by Gasteiger charge is -2.27. The van der Waals surface area contributed by atoms with Gasteiger partial charge >= 0.3 is 0 Å². The predicted molar refractivity (Wildman–Crippen MR) is 101 cm³/mol. The van der Waals surface area contributed by atoms with E-state index in [0.717, 1.165) is 41.0 Å². The molecule has 0 spiro atoms. The van der Waals surface area contributed by atoms with Gasteiger partial charge < -0.3 is 10.6 Å². The quantitative estimate of drug-likeness (QED) is 0.706. The molecular formula is C21H18N4O. The van der Waals surface area contributed by atoms with Crippen molar-refractivity contribution in [2.24, 2.45) is 0 Å². The fraction of sp³-hybridized carbons (Fsp3) is 0.190. The fourth-order valence-corrected chi connectivity index (χ4v) is 3.94. The number of nitrogens with zero attached hydrogens (tertiary/aromatic N) is 2. The molecular weight excluding hydrogens is 324 g/mol. The summed E-state index contributed by atoms with van der Waals surface area (Å²) in [6.45, 7) is 0. The van der Waals surface area contributed by atoms with Crippen molar-refractivity contribution in [3.8, 4) is 0 Å². The second-order valence-corrected chi connectivity index (χ2v) is 6.86. The molecule has 128 valence electrons. The van der Waals surface area contributed by atoms with Crippen LogP contribution in [0, 0.1) is 0 Å². The zero-order chi connectivity index (χ0) is 17.5. The zero-order valence-corrected chi connectivity index (χ0v) is 14.2. The summed E-state index contributed by atoms with van der Waals surface area (Å²) in [5.41, 5.74) is 7.80. The minimum Gasteiger partial charge on any atom is -0.355 e. The first kappa shape index (κ1) is 15.1. The van der Waals surface area contributed by atoms with Crippen LogP contribution in [-0.4, -0.2) is 15.9 Å². The van der Waals surface area contributed by atoms with Gasteiger partial charge in [-0.25, -0.2) is 9.97 Å². The lowest BCUT2D eigenvalue weighted by atomic mass is 9.84. The topological polar surface area (TPSA) is 66.9 Å². The van der Waals surface area contributed by atoms with Crippen LogP contribution in [0.3, 0.4) is 0 Å². The molecule has 0 unspecified atom stereocenters. The summed E-state index contributed by atoms with van der Waals surface area (Å²) in [5.74, 6) is 0.0243. The van der Waals surface area contributed by atoms with Gasteiger partial charge in [0.15, 0.2) is 0 Å². The van der Waals surface area contributed by atoms with Gasteiger partial charge in [0.2, 0.25) is 5.91 Å². The number of hydrogen-bond donors (Lipinski definition) is 2. The highest BCUT2D eigenvalue weighted by Crippen LogP contribution is 2.41. The molecule has 0 saturated carbocycles. The highest BCUT2D eigenvalue weighted by Gasteiger charge is 2.28. The van der Waals surface area contributed by atoms with Crippen molar-refractivity contribution in [3.05, 3.63) is 77.4 Å². The molecule has 0 radical (unpaired) electrons. The summed E-state index contributed by atoms with van der Waals surface area (Å²) < 4.78 is 0. The smallest absolute Gasteiger partial charge is 0.225 e. The number of carbonyl (C=O) groups excluding carboxylic acids is 1. The van der Waals surface area contributed by atoms with Crippen LogP contribution in [0.2, 0.25) is 0 Å². The zero-order valence-electron chi connectivity index (χ0n) is 14.2. The molecule has 0 fully saturated rings. The maximum atomic E-state index is 12.3. The Hall–Kier alpha value is -3.21. The maximum Gasteiger partial charge on any atom is 0.225 e. The maximum absolute atomic E-state index is 12.3. The van der Waals surface area contributed by atoms with E-state index in [4.69, 9.17) is 0 Å². The SMILES string of the molecule is O=C1C[C@@H](c2cncnc2)c2cc3c(cc2N1)Nc1ccccc1CC3. The van der Waals surface area contributed by atoms with Gasteiger partial charge in [-0.3, -0.25) is 4.79 Å². The number of amides is 1. The van der Waals surface area contributed by atoms with Crippen LogP contribution in [-0.2, 0) is 17.6 Å². The molecule has 0 bridgehead atoms. The number of anilines is 3. The number of carbonyl (C=O) groups is 1. The number of aryl methyl sites for hydroxylation is 2. The molecule has 26 heavy (non-hydrogen) atoms. The Morgan fingerprint density at radius 2 is 1.69 bits per heavy atom. The van der Waals surface area contributed by atoms with Crippen LogP contribution in [0.15, 0.2) is 55.1 Å². The summed E-state index contributed by atoms with van der Waals surface area (Å²) >= 11 is 0. The van der Waals surface area contributed by atoms with Gasteiger partial charge in [0.1, 0.15) is 6.33 Å². The summed E-state index contributed by atoms with van der Waals surface area (Å²) in [6.07, 6.45) is 7.52. The number of fused-ring (bicyclic) bond motifs is 3. The number of aromatic nitrogens is 2. The summed E-state index contributed by atoms with van der Waals surface area (Å²) in [7, 11) is 0. The van der Waals surface area contributed by atoms with Gasteiger partial charge in [0, 0.05) is 41.8 Å². The van der Waals surface area contributed by atoms with E-state index in [1.165, 1.54) is 17.5 Å². The summed E-state index contributed by atoms with van der Waals surface area (Å²) in [6, 6.07) is 12.7. The molecule has 5 rings (SSSR count). The molecule has 5 heteroatoms. The normalized spacial score (nSPS) is 17.8. The lowest BCUT2D eigenvalue weighted by Crippen LogP contribution is -2.24. The second kappa shape index (κ2) is 5.95. The van der Waals surface area contributed by atoms with Crippen molar-refractivity contribution < 1.29 is 4.79 Å². The van der Waals surface area contributed by atoms with E-state index >= 15 is 0 Å². The number of benzene rings is 2. The van der Waals surface area contributed by atoms with E-state index in [1.54, 1.807) is 12.4 Å². The average molecular weight is 342 g/mol. The van der Waals surface area contributed by atoms with Gasteiger partial charge in [-0.15, -0.1) is 0 Å². The van der Waals surface area contributed by atoms with Gasteiger partial charge in [0.05, 0.1) is 0 Å². The van der Waals surface area contributed by atoms with E-state index in [0.29, 0.717) is 6.42 Å². The Morgan fingerprint density at radius 3 is 2.58 bits per heavy atom. The van der Waals surface area contributed by atoms with Crippen molar-refractivity contribution in [1.29, 1.82) is 0 Å². The van der Waals surface area contributed by atoms with E-state index in [2.05, 4.69) is 50.9 Å². The molecule has 5 nitrogen and oxygen atoms in total. The average Bonchev–Trinajstić information content (AvgIpc) is 2.85. The highest BCUT2D eigenvalue weighted by atomic mass is 16.1. The largest absolute Gasteiger partial charge is 0.355 e. The van der Waals surface area contributed by atoms with Gasteiger partial charge in [-0.2, -0.15) is 0 Å². The molecule has 0 aliphatic carbocycles. The summed E-state index contributed by atoms with van der Waals surface area (Å²) in [5, 5.41) is 6.58. The van der Waals surface area contributed by atoms with E-state index in [9.17, 15) is 4.79 Å². The predicted octanol–water partition coefficient (Wildman–Crippen LogP) is 3.79. The number of hydrogen-bond acceptors (Lipinski definition) is 4. The second-order valence-electron chi connectivity index (χ2n) is 6.86. The molecule has 2 aliphatic rings. The Kier molecular flexibility index (Phi) is 3.45. The minimum atomic E-state index is -0.00382. The van der Waals surface area contributed by atoms with Crippen LogP contribution in [0.5, 0.6) is 0 Å². The molecule has 1 aromatic heterocycles. The molecule has 1 atom stereocenters. The number of nitrogens with one attached hydrogen (secondary N) is 2. The number of para-hydroxylation sites is 1. The minimum absolute atomic E-state index is 0.00382. The summed E-state index contributed by atoms with van der Waals surface area (Å²) in [4.78, 5) is 20.5. The van der Waals surface area contributed by atoms with Crippen molar-refractivity contribution in [2.75, 3.05) is 10.6 Å². The van der Waals surface area contributed by atoms with Crippen LogP contribution in [0.1, 0.15) is 34.6 Å². The first-order valence-electron chi connectivity index (χ1n) is 8.84. The van der Waals surface area contributed by atoms with Gasteiger partial charge in [-0.05, 0) is 47.2 Å². The third-order valence-corrected chi connectivity index (χ3v) is 5.25. The van der Waals surface area contributed by atoms with E-state index < -0.39 is 0 Å². The Balaban J connectivity index is 1.61. The van der Waals surface area contributed by atoms with E-state index in [-0.39, 0.29) is 11.8 Å². The van der Waals surface area contributed by atoms with E-state index in [1.807, 2.05) is 6.07 Å². The van der Waals surface area contributed by atoms with Crippen LogP contribution in [0.25, 0.3) is 0 Å². The Bertz CT molecular complexity index is 1000. The monoisotopic (exact) mass is 342 g/mol. The van der Waals surface area contributed by atoms with Gasteiger partial charge in [0.25, 0.3) is 0 Å². The van der Waals surface area contributed by atoms with Crippen molar-refractivity contribution in [3.63, 3.8) is 0 Å². The van der Waals surface area contributed by atoms with Crippen LogP contribution in [0.4, 0.5) is 17.1 Å². The molecule has 3 aromatic rings. The van der Waals surface area contributed by atoms with Crippen LogP contribution >= 0.6 is 0 Å². The Morgan fingerprint density at radius 1 is 0.885 bits per heavy atom. The molecule has 0 saturated heterocycles. The first-order chi connectivity index (χ1) is 12.8. The van der Waals surface area contributed by atoms with Crippen LogP contribution < -0.4 is 10.6 Å². The first-order valence-corrected chi connectivity index (χ1v) is 8.84. The third kappa shape index (κ3) is 2.52. The molecule has 2 aliphatic heterocycles. The Labute approximate surface area is 151 Å². The van der Waals surface area contributed by atoms with Crippen molar-refractivity contribution in [2.45, 2.75) is 25.2 Å². The fourth-order valence-electron chi connectivity index (χ4n) is 3.94. The third-order valence-electron chi connectivity index (χ3n) is 5.25. The molecule has 2 aromatic carbocycles. The van der Waals surface area contributed by atoms with Crippen molar-refractivity contribution in [1.82, 2.24) is 9.97 Å². The standard InChI is InChI=1S/C21H18N4O/c26-21-8-16(15-10-22-12-23-11-15)17-7-14-6-5-13-3-1-2-4-18(13)24-19(14)9-20(17)25-21/h1-4,7,9-12,16,24H,5-6,8H2,(H,25,26)/t16-/m0/s1. The molecule has 3 heterocycles. The van der Waals surface area contributed by atoms with Crippen molar-refractivity contribution >= 4 is 23.0 Å². The molecule has 2 N–H and O–H groups in total. The molecule has 1 amide bonds. The number of rotatable bonds is 1. The van der Waals surface area contributed by atoms with Gasteiger partial charge in [-0.1, -0.05) is 24.3 Å². The lowest BCUT2D eigenvalue weighted by molar-refractivity contribution is -0.116.